The first kappa shape index (κ1) is 17.1. The van der Waals surface area contributed by atoms with E-state index >= 15 is 0 Å². The highest BCUT2D eigenvalue weighted by molar-refractivity contribution is 5.24. The number of nitrogens with zero attached hydrogens (tertiary/aromatic N) is 2. The van der Waals surface area contributed by atoms with Crippen LogP contribution in [0.5, 0.6) is 0 Å². The molecule has 1 saturated heterocycles. The summed E-state index contributed by atoms with van der Waals surface area (Å²) < 4.78 is 5.80. The molecule has 0 radical (unpaired) electrons. The van der Waals surface area contributed by atoms with E-state index in [1.807, 2.05) is 31.2 Å². The molecule has 0 N–H and O–H groups in total. The molecule has 0 spiro atoms. The molecular weight excluding hydrogens is 276 g/mol. The number of rotatable bonds is 8. The van der Waals surface area contributed by atoms with Crippen LogP contribution in [0.2, 0.25) is 0 Å². The van der Waals surface area contributed by atoms with Crippen LogP contribution < -0.4 is 0 Å². The monoisotopic (exact) mass is 304 g/mol. The summed E-state index contributed by atoms with van der Waals surface area (Å²) in [6, 6.07) is 8.51. The zero-order valence-corrected chi connectivity index (χ0v) is 13.8. The van der Waals surface area contributed by atoms with Crippen LogP contribution in [-0.4, -0.2) is 30.6 Å². The van der Waals surface area contributed by atoms with Crippen LogP contribution in [0.25, 0.3) is 0 Å². The lowest BCUT2D eigenvalue weighted by Crippen LogP contribution is -2.39. The van der Waals surface area contributed by atoms with E-state index in [2.05, 4.69) is 17.0 Å². The second kappa shape index (κ2) is 9.01. The normalized spacial score (nSPS) is 20.7. The molecule has 2 atom stereocenters. The molecule has 22 heavy (non-hydrogen) atoms. The molecule has 0 saturated carbocycles. The molecule has 1 fully saturated rings. The highest BCUT2D eigenvalue weighted by Crippen LogP contribution is 2.21. The first-order chi connectivity index (χ1) is 10.7. The third kappa shape index (κ3) is 4.89. The molecule has 1 aliphatic heterocycles. The van der Waals surface area contributed by atoms with Crippen molar-refractivity contribution in [1.29, 1.82) is 0 Å². The van der Waals surface area contributed by atoms with Crippen LogP contribution >= 0.6 is 0 Å². The summed E-state index contributed by atoms with van der Waals surface area (Å²) in [6.07, 6.45) is 4.73. The van der Waals surface area contributed by atoms with Crippen LogP contribution in [0.4, 0.5) is 0 Å². The number of nitroso groups, excluding NO2 is 1. The van der Waals surface area contributed by atoms with Crippen molar-refractivity contribution in [3.8, 4) is 0 Å². The lowest BCUT2D eigenvalue weighted by atomic mass is 10.0. The van der Waals surface area contributed by atoms with Crippen molar-refractivity contribution >= 4 is 0 Å². The largest absolute Gasteiger partial charge is 0.375 e. The van der Waals surface area contributed by atoms with Crippen LogP contribution in [0.3, 0.4) is 0 Å². The minimum absolute atomic E-state index is 0.226. The summed E-state index contributed by atoms with van der Waals surface area (Å²) in [4.78, 5) is 13.3. The fourth-order valence-electron chi connectivity index (χ4n) is 3.07. The van der Waals surface area contributed by atoms with Crippen molar-refractivity contribution in [2.45, 2.75) is 58.2 Å². The van der Waals surface area contributed by atoms with Gasteiger partial charge in [0.15, 0.2) is 0 Å². The Kier molecular flexibility index (Phi) is 7.00. The highest BCUT2D eigenvalue weighted by atomic mass is 16.5. The zero-order chi connectivity index (χ0) is 15.8. The van der Waals surface area contributed by atoms with E-state index in [1.54, 1.807) is 0 Å². The van der Waals surface area contributed by atoms with E-state index in [9.17, 15) is 4.91 Å². The van der Waals surface area contributed by atoms with Gasteiger partial charge in [0.05, 0.1) is 13.2 Å². The average Bonchev–Trinajstić information content (AvgIpc) is 2.55. The molecule has 4 nitrogen and oxygen atoms in total. The maximum Gasteiger partial charge on any atom is 0.117 e. The summed E-state index contributed by atoms with van der Waals surface area (Å²) in [5.41, 5.74) is 2.14. The van der Waals surface area contributed by atoms with Gasteiger partial charge < -0.3 is 4.74 Å². The Morgan fingerprint density at radius 3 is 2.73 bits per heavy atom. The second-order valence-electron chi connectivity index (χ2n) is 6.20. The Hall–Kier alpha value is -1.26. The van der Waals surface area contributed by atoms with Gasteiger partial charge in [-0.1, -0.05) is 42.8 Å². The Bertz CT molecular complexity index is 447. The molecule has 1 heterocycles. The predicted octanol–water partition coefficient (Wildman–Crippen LogP) is 4.30. The lowest BCUT2D eigenvalue weighted by molar-refractivity contribution is 0.0684. The first-order valence-corrected chi connectivity index (χ1v) is 8.47. The summed E-state index contributed by atoms with van der Waals surface area (Å²) in [7, 11) is 0. The molecule has 122 valence electrons. The van der Waals surface area contributed by atoms with Gasteiger partial charge in [0.2, 0.25) is 0 Å². The van der Waals surface area contributed by atoms with E-state index in [0.717, 1.165) is 30.7 Å². The number of likely N-dealkylation sites (tertiary alicyclic amines) is 1. The molecule has 0 aromatic heterocycles. The molecule has 1 aromatic rings. The molecule has 4 heteroatoms. The fraction of sp³-hybridized carbons (Fsp3) is 0.667. The maximum atomic E-state index is 10.7. The minimum atomic E-state index is -0.226. The Balaban J connectivity index is 1.71. The number of hydrogen-bond acceptors (Lipinski definition) is 4. The molecule has 0 aliphatic carbocycles. The molecule has 1 aliphatic rings. The molecule has 0 bridgehead atoms. The fourth-order valence-corrected chi connectivity index (χ4v) is 3.07. The molecular formula is C18H28N2O2. The van der Waals surface area contributed by atoms with Gasteiger partial charge in [0.25, 0.3) is 0 Å². The van der Waals surface area contributed by atoms with Gasteiger partial charge in [-0.3, -0.25) is 4.90 Å². The summed E-state index contributed by atoms with van der Waals surface area (Å²) in [6.45, 7) is 7.92. The lowest BCUT2D eigenvalue weighted by Gasteiger charge is -2.33. The topological polar surface area (TPSA) is 41.9 Å². The van der Waals surface area contributed by atoms with E-state index in [1.165, 1.54) is 25.8 Å². The van der Waals surface area contributed by atoms with Gasteiger partial charge in [0.1, 0.15) is 6.04 Å². The number of piperidine rings is 1. The minimum Gasteiger partial charge on any atom is -0.375 e. The SMILES string of the molecule is CCC(N=O)c1ccc(COCCN2CCCCC2C)cc1. The van der Waals surface area contributed by atoms with E-state index < -0.39 is 0 Å². The zero-order valence-electron chi connectivity index (χ0n) is 13.8. The maximum absolute atomic E-state index is 10.7. The number of benzene rings is 1. The van der Waals surface area contributed by atoms with E-state index in [4.69, 9.17) is 4.74 Å². The van der Waals surface area contributed by atoms with E-state index in [0.29, 0.717) is 12.6 Å². The molecule has 2 unspecified atom stereocenters. The van der Waals surface area contributed by atoms with Crippen molar-refractivity contribution < 1.29 is 4.74 Å². The van der Waals surface area contributed by atoms with Gasteiger partial charge in [0, 0.05) is 12.6 Å². The summed E-state index contributed by atoms with van der Waals surface area (Å²) in [5, 5.41) is 3.15. The third-order valence-electron chi connectivity index (χ3n) is 4.61. The van der Waals surface area contributed by atoms with Gasteiger partial charge in [-0.05, 0) is 43.9 Å². The average molecular weight is 304 g/mol. The number of hydrogen-bond donors (Lipinski definition) is 0. The smallest absolute Gasteiger partial charge is 0.117 e. The van der Waals surface area contributed by atoms with Crippen LogP contribution in [0.15, 0.2) is 29.4 Å². The predicted molar refractivity (Wildman–Crippen MR) is 89.8 cm³/mol. The second-order valence-corrected chi connectivity index (χ2v) is 6.20. The van der Waals surface area contributed by atoms with Crippen LogP contribution in [-0.2, 0) is 11.3 Å². The van der Waals surface area contributed by atoms with E-state index in [-0.39, 0.29) is 6.04 Å². The van der Waals surface area contributed by atoms with Gasteiger partial charge in [-0.25, -0.2) is 0 Å². The standard InChI is InChI=1S/C18H28N2O2/c1-3-18(19-21)17-9-7-16(8-10-17)14-22-13-12-20-11-5-4-6-15(20)2/h7-10,15,18H,3-6,11-14H2,1-2H3. The van der Waals surface area contributed by atoms with Crippen molar-refractivity contribution in [2.75, 3.05) is 19.7 Å². The number of ether oxygens (including phenoxy) is 1. The Labute approximate surface area is 133 Å². The van der Waals surface area contributed by atoms with Crippen LogP contribution in [0, 0.1) is 4.91 Å². The van der Waals surface area contributed by atoms with Crippen molar-refractivity contribution in [3.63, 3.8) is 0 Å². The quantitative estimate of drug-likeness (QED) is 0.531. The Morgan fingerprint density at radius 2 is 2.09 bits per heavy atom. The third-order valence-corrected chi connectivity index (χ3v) is 4.61. The van der Waals surface area contributed by atoms with Gasteiger partial charge in [-0.2, -0.15) is 4.91 Å². The highest BCUT2D eigenvalue weighted by Gasteiger charge is 2.17. The molecule has 2 rings (SSSR count). The van der Waals surface area contributed by atoms with Crippen molar-refractivity contribution in [3.05, 3.63) is 40.3 Å². The van der Waals surface area contributed by atoms with Crippen LogP contribution in [0.1, 0.15) is 56.7 Å². The molecule has 1 aromatic carbocycles. The summed E-state index contributed by atoms with van der Waals surface area (Å²) in [5.74, 6) is 0. The van der Waals surface area contributed by atoms with Gasteiger partial charge in [-0.15, -0.1) is 0 Å². The van der Waals surface area contributed by atoms with Gasteiger partial charge >= 0.3 is 0 Å². The summed E-state index contributed by atoms with van der Waals surface area (Å²) >= 11 is 0. The molecule has 0 amide bonds. The van der Waals surface area contributed by atoms with Crippen molar-refractivity contribution in [1.82, 2.24) is 4.90 Å². The van der Waals surface area contributed by atoms with Crippen molar-refractivity contribution in [2.24, 2.45) is 5.18 Å². The first-order valence-electron chi connectivity index (χ1n) is 8.47. The Morgan fingerprint density at radius 1 is 1.32 bits per heavy atom.